The van der Waals surface area contributed by atoms with Gasteiger partial charge in [-0.3, -0.25) is 0 Å². The molecule has 0 aliphatic rings. The predicted molar refractivity (Wildman–Crippen MR) is 113 cm³/mol. The molecule has 0 heterocycles. The van der Waals surface area contributed by atoms with E-state index in [0.29, 0.717) is 0 Å². The van der Waals surface area contributed by atoms with Crippen molar-refractivity contribution in [2.24, 2.45) is 0 Å². The fraction of sp³-hybridized carbons (Fsp3) is 0.333. The monoisotopic (exact) mass is 401 g/mol. The minimum atomic E-state index is 0.798. The highest BCUT2D eigenvalue weighted by molar-refractivity contribution is 9.10. The number of para-hydroxylation sites is 1. The Kier molecular flexibility index (Phi) is 10.3. The zero-order chi connectivity index (χ0) is 18.5. The molecule has 0 amide bonds. The lowest BCUT2D eigenvalue weighted by Crippen LogP contribution is -2.27. The van der Waals surface area contributed by atoms with Crippen molar-refractivity contribution in [3.63, 3.8) is 0 Å². The highest BCUT2D eigenvalue weighted by Crippen LogP contribution is 2.21. The molecule has 3 nitrogen and oxygen atoms in total. The van der Waals surface area contributed by atoms with Gasteiger partial charge in [-0.15, -0.1) is 6.42 Å². The van der Waals surface area contributed by atoms with E-state index in [0.717, 1.165) is 48.5 Å². The summed E-state index contributed by atoms with van der Waals surface area (Å²) >= 11 is 3.52. The van der Waals surface area contributed by atoms with Gasteiger partial charge in [0, 0.05) is 29.8 Å². The van der Waals surface area contributed by atoms with Crippen LogP contribution in [-0.4, -0.2) is 24.5 Å². The van der Waals surface area contributed by atoms with E-state index >= 15 is 0 Å². The average molecular weight is 402 g/mol. The summed E-state index contributed by atoms with van der Waals surface area (Å²) in [6, 6.07) is 7.99. The minimum Gasteiger partial charge on any atom is -0.372 e. The Labute approximate surface area is 161 Å². The SMILES string of the molecule is C#C/C=C\C(=C/CC)N(CC)CCCNC(=C)Nc1ccccc1Br. The number of nitrogens with zero attached hydrogens (tertiary/aromatic N) is 1. The Morgan fingerprint density at radius 3 is 2.76 bits per heavy atom. The Bertz CT molecular complexity index is 641. The van der Waals surface area contributed by atoms with Crippen LogP contribution in [0.2, 0.25) is 0 Å². The molecule has 0 aromatic heterocycles. The predicted octanol–water partition coefficient (Wildman–Crippen LogP) is 5.12. The van der Waals surface area contributed by atoms with Crippen LogP contribution in [0.5, 0.6) is 0 Å². The van der Waals surface area contributed by atoms with Crippen molar-refractivity contribution in [2.45, 2.75) is 26.7 Å². The second kappa shape index (κ2) is 12.3. The molecule has 1 aromatic carbocycles. The molecule has 0 spiro atoms. The van der Waals surface area contributed by atoms with Crippen molar-refractivity contribution in [1.29, 1.82) is 0 Å². The molecule has 0 atom stereocenters. The molecule has 0 aliphatic heterocycles. The van der Waals surface area contributed by atoms with Gasteiger partial charge in [-0.2, -0.15) is 0 Å². The lowest BCUT2D eigenvalue weighted by atomic mass is 10.2. The number of anilines is 1. The largest absolute Gasteiger partial charge is 0.372 e. The van der Waals surface area contributed by atoms with E-state index < -0.39 is 0 Å². The van der Waals surface area contributed by atoms with E-state index in [4.69, 9.17) is 6.42 Å². The molecule has 0 aliphatic carbocycles. The molecule has 1 rings (SSSR count). The first-order valence-corrected chi connectivity index (χ1v) is 9.43. The number of hydrogen-bond donors (Lipinski definition) is 2. The molecule has 25 heavy (non-hydrogen) atoms. The van der Waals surface area contributed by atoms with Crippen molar-refractivity contribution < 1.29 is 0 Å². The highest BCUT2D eigenvalue weighted by atomic mass is 79.9. The minimum absolute atomic E-state index is 0.798. The van der Waals surface area contributed by atoms with Crippen molar-refractivity contribution >= 4 is 21.6 Å². The quantitative estimate of drug-likeness (QED) is 0.306. The van der Waals surface area contributed by atoms with Crippen molar-refractivity contribution in [2.75, 3.05) is 25.0 Å². The first kappa shape index (κ1) is 20.9. The summed E-state index contributed by atoms with van der Waals surface area (Å²) in [5.74, 6) is 3.36. The number of terminal acetylenes is 1. The third-order valence-corrected chi connectivity index (χ3v) is 4.30. The van der Waals surface area contributed by atoms with E-state index in [1.165, 1.54) is 5.70 Å². The zero-order valence-corrected chi connectivity index (χ0v) is 16.8. The summed E-state index contributed by atoms with van der Waals surface area (Å²) in [5, 5.41) is 6.60. The molecule has 134 valence electrons. The smallest absolute Gasteiger partial charge is 0.0957 e. The Hall–Kier alpha value is -2.12. The van der Waals surface area contributed by atoms with Crippen LogP contribution in [0, 0.1) is 12.3 Å². The molecule has 0 unspecified atom stereocenters. The van der Waals surface area contributed by atoms with E-state index in [1.54, 1.807) is 6.08 Å². The molecule has 0 fully saturated rings. The number of hydrogen-bond acceptors (Lipinski definition) is 3. The van der Waals surface area contributed by atoms with Gasteiger partial charge >= 0.3 is 0 Å². The van der Waals surface area contributed by atoms with Crippen LogP contribution in [0.1, 0.15) is 26.7 Å². The maximum absolute atomic E-state index is 5.33. The fourth-order valence-electron chi connectivity index (χ4n) is 2.39. The zero-order valence-electron chi connectivity index (χ0n) is 15.2. The van der Waals surface area contributed by atoms with Gasteiger partial charge in [-0.25, -0.2) is 0 Å². The molecule has 0 saturated carbocycles. The standard InChI is InChI=1S/C21H28BrN3/c1-5-8-13-19(12-6-2)25(7-3)17-11-16-23-18(4)24-21-15-10-9-14-20(21)22/h1,8-10,12-15,23-24H,4,6-7,11,16-17H2,2-3H3/b13-8-,19-12+. The second-order valence-corrected chi connectivity index (χ2v) is 6.33. The molecular weight excluding hydrogens is 374 g/mol. The molecule has 0 saturated heterocycles. The van der Waals surface area contributed by atoms with Crippen LogP contribution < -0.4 is 10.6 Å². The van der Waals surface area contributed by atoms with Gasteiger partial charge in [-0.1, -0.05) is 37.6 Å². The van der Waals surface area contributed by atoms with Crippen LogP contribution >= 0.6 is 15.9 Å². The third kappa shape index (κ3) is 8.00. The van der Waals surface area contributed by atoms with E-state index in [-0.39, 0.29) is 0 Å². The highest BCUT2D eigenvalue weighted by Gasteiger charge is 2.04. The summed E-state index contributed by atoms with van der Waals surface area (Å²) in [5.41, 5.74) is 2.19. The van der Waals surface area contributed by atoms with Gasteiger partial charge in [0.2, 0.25) is 0 Å². The molecule has 0 bridgehead atoms. The van der Waals surface area contributed by atoms with Gasteiger partial charge in [-0.05, 0) is 60.0 Å². The molecule has 4 heteroatoms. The van der Waals surface area contributed by atoms with Gasteiger partial charge in [0.05, 0.1) is 11.5 Å². The number of halogens is 1. The Morgan fingerprint density at radius 2 is 2.12 bits per heavy atom. The number of benzene rings is 1. The lowest BCUT2D eigenvalue weighted by molar-refractivity contribution is 0.364. The van der Waals surface area contributed by atoms with Crippen LogP contribution in [0.25, 0.3) is 0 Å². The summed E-state index contributed by atoms with van der Waals surface area (Å²) in [7, 11) is 0. The topological polar surface area (TPSA) is 27.3 Å². The fourth-order valence-corrected chi connectivity index (χ4v) is 2.78. The van der Waals surface area contributed by atoms with E-state index in [1.807, 2.05) is 30.3 Å². The van der Waals surface area contributed by atoms with E-state index in [9.17, 15) is 0 Å². The Morgan fingerprint density at radius 1 is 1.36 bits per heavy atom. The third-order valence-electron chi connectivity index (χ3n) is 3.61. The second-order valence-electron chi connectivity index (χ2n) is 5.48. The lowest BCUT2D eigenvalue weighted by Gasteiger charge is -2.24. The summed E-state index contributed by atoms with van der Waals surface area (Å²) < 4.78 is 1.02. The van der Waals surface area contributed by atoms with Crippen molar-refractivity contribution in [3.8, 4) is 12.3 Å². The summed E-state index contributed by atoms with van der Waals surface area (Å²) in [6.45, 7) is 11.1. The molecule has 1 aromatic rings. The van der Waals surface area contributed by atoms with Gasteiger partial charge in [0.25, 0.3) is 0 Å². The molecular formula is C21H28BrN3. The first-order chi connectivity index (χ1) is 12.1. The van der Waals surface area contributed by atoms with Crippen LogP contribution in [-0.2, 0) is 0 Å². The number of allylic oxidation sites excluding steroid dienone is 3. The Balaban J connectivity index is 2.43. The maximum Gasteiger partial charge on any atom is 0.0957 e. The summed E-state index contributed by atoms with van der Waals surface area (Å²) in [4.78, 5) is 2.34. The van der Waals surface area contributed by atoms with Crippen LogP contribution in [0.4, 0.5) is 5.69 Å². The molecule has 2 N–H and O–H groups in total. The summed E-state index contributed by atoms with van der Waals surface area (Å²) in [6.07, 6.45) is 13.3. The van der Waals surface area contributed by atoms with Crippen LogP contribution in [0.15, 0.2) is 65.1 Å². The van der Waals surface area contributed by atoms with Crippen LogP contribution in [0.3, 0.4) is 0 Å². The first-order valence-electron chi connectivity index (χ1n) is 8.64. The number of rotatable bonds is 11. The normalized spacial score (nSPS) is 11.2. The number of nitrogens with one attached hydrogen (secondary N) is 2. The van der Waals surface area contributed by atoms with Gasteiger partial charge < -0.3 is 15.5 Å². The average Bonchev–Trinajstić information content (AvgIpc) is 2.61. The van der Waals surface area contributed by atoms with Gasteiger partial charge in [0.15, 0.2) is 0 Å². The van der Waals surface area contributed by atoms with E-state index in [2.05, 4.69) is 63.9 Å². The number of likely N-dealkylation sites (N-methyl/N-ethyl adjacent to an activating group) is 1. The van der Waals surface area contributed by atoms with Crippen molar-refractivity contribution in [1.82, 2.24) is 10.2 Å². The van der Waals surface area contributed by atoms with Gasteiger partial charge in [0.1, 0.15) is 0 Å². The maximum atomic E-state index is 5.33. The van der Waals surface area contributed by atoms with Crippen molar-refractivity contribution in [3.05, 3.63) is 65.1 Å². The molecule has 0 radical (unpaired) electrons.